The molecule has 0 N–H and O–H groups in total. The Labute approximate surface area is 135 Å². The van der Waals surface area contributed by atoms with Crippen LogP contribution in [0.15, 0.2) is 46.3 Å². The minimum absolute atomic E-state index is 0. The quantitative estimate of drug-likeness (QED) is 0.715. The summed E-state index contributed by atoms with van der Waals surface area (Å²) in [5.41, 5.74) is 4.40. The summed E-state index contributed by atoms with van der Waals surface area (Å²) in [6, 6.07) is 8.15. The lowest BCUT2D eigenvalue weighted by atomic mass is 9.96. The van der Waals surface area contributed by atoms with E-state index in [1.165, 1.54) is 10.5 Å². The molecule has 0 fully saturated rings. The number of thiophene rings is 1. The molecule has 4 rings (SSSR count). The van der Waals surface area contributed by atoms with Crippen LogP contribution in [0.25, 0.3) is 0 Å². The molecule has 0 radical (unpaired) electrons. The maximum atomic E-state index is 5.50. The third-order valence-corrected chi connectivity index (χ3v) is 5.29. The molecule has 0 bridgehead atoms. The summed E-state index contributed by atoms with van der Waals surface area (Å²) in [5, 5.41) is 2.13. The molecule has 4 heteroatoms. The van der Waals surface area contributed by atoms with E-state index in [2.05, 4.69) is 37.4 Å². The first-order valence-electron chi connectivity index (χ1n) is 7.45. The Hall–Kier alpha value is -2.07. The van der Waals surface area contributed by atoms with Crippen LogP contribution < -0.4 is 9.47 Å². The molecule has 0 aliphatic carbocycles. The van der Waals surface area contributed by atoms with Crippen LogP contribution >= 0.6 is 11.3 Å². The Morgan fingerprint density at radius 3 is 3.00 bits per heavy atom. The van der Waals surface area contributed by atoms with E-state index in [0.29, 0.717) is 12.7 Å². The first kappa shape index (κ1) is 13.6. The van der Waals surface area contributed by atoms with Gasteiger partial charge in [-0.2, -0.15) is 0 Å². The van der Waals surface area contributed by atoms with Crippen molar-refractivity contribution in [1.29, 1.82) is 0 Å². The molecule has 2 aromatic rings. The maximum absolute atomic E-state index is 5.50. The molecule has 0 spiro atoms. The number of benzene rings is 1. The van der Waals surface area contributed by atoms with Gasteiger partial charge < -0.3 is 9.47 Å². The van der Waals surface area contributed by atoms with Crippen LogP contribution in [0.3, 0.4) is 0 Å². The predicted molar refractivity (Wildman–Crippen MR) is 92.0 cm³/mol. The lowest BCUT2D eigenvalue weighted by Crippen LogP contribution is -2.05. The zero-order valence-electron chi connectivity index (χ0n) is 12.6. The monoisotopic (exact) mass is 313 g/mol. The molecule has 3 heterocycles. The molecule has 3 nitrogen and oxygen atoms in total. The Morgan fingerprint density at radius 1 is 1.23 bits per heavy atom. The van der Waals surface area contributed by atoms with Crippen molar-refractivity contribution in [2.45, 2.75) is 26.2 Å². The van der Waals surface area contributed by atoms with Crippen molar-refractivity contribution in [3.63, 3.8) is 0 Å². The smallest absolute Gasteiger partial charge is 0.231 e. The summed E-state index contributed by atoms with van der Waals surface area (Å²) in [6.07, 6.45) is 3.33. The molecule has 1 atom stereocenters. The van der Waals surface area contributed by atoms with Crippen molar-refractivity contribution >= 4 is 22.7 Å². The third-order valence-electron chi connectivity index (χ3n) is 4.15. The van der Waals surface area contributed by atoms with E-state index in [4.69, 9.17) is 14.5 Å². The highest BCUT2D eigenvalue weighted by atomic mass is 32.1. The summed E-state index contributed by atoms with van der Waals surface area (Å²) in [5.74, 6) is 2.13. The number of hydrogen-bond acceptors (Lipinski definition) is 4. The molecular weight excluding hydrogens is 294 g/mol. The highest BCUT2D eigenvalue weighted by molar-refractivity contribution is 7.10. The van der Waals surface area contributed by atoms with E-state index in [9.17, 15) is 0 Å². The summed E-state index contributed by atoms with van der Waals surface area (Å²) in [6.45, 7) is 4.69. The van der Waals surface area contributed by atoms with Crippen molar-refractivity contribution in [3.8, 4) is 11.5 Å². The number of nitrogens with zero attached hydrogens (tertiary/aromatic N) is 1. The summed E-state index contributed by atoms with van der Waals surface area (Å²) >= 11 is 1.79. The Morgan fingerprint density at radius 2 is 2.09 bits per heavy atom. The number of fused-ring (bicyclic) bond motifs is 2. The Bertz CT molecular complexity index is 794. The van der Waals surface area contributed by atoms with E-state index >= 15 is 0 Å². The van der Waals surface area contributed by atoms with Crippen molar-refractivity contribution in [3.05, 3.63) is 51.7 Å². The zero-order valence-corrected chi connectivity index (χ0v) is 13.4. The van der Waals surface area contributed by atoms with Crippen molar-refractivity contribution in [2.75, 3.05) is 6.79 Å². The molecule has 1 aromatic heterocycles. The van der Waals surface area contributed by atoms with Crippen LogP contribution in [0, 0.1) is 0 Å². The highest BCUT2D eigenvalue weighted by Gasteiger charge is 2.19. The van der Waals surface area contributed by atoms with Crippen LogP contribution in [0.1, 0.15) is 38.1 Å². The molecule has 114 valence electrons. The summed E-state index contributed by atoms with van der Waals surface area (Å²) in [4.78, 5) is 6.31. The van der Waals surface area contributed by atoms with Gasteiger partial charge in [-0.15, -0.1) is 11.3 Å². The second-order valence-electron chi connectivity index (χ2n) is 5.72. The second kappa shape index (κ2) is 5.29. The zero-order chi connectivity index (χ0) is 15.1. The van der Waals surface area contributed by atoms with E-state index < -0.39 is 0 Å². The molecule has 1 unspecified atom stereocenters. The molecule has 2 aliphatic heterocycles. The number of allylic oxidation sites excluding steroid dienone is 2. The fraction of sp³-hybridized carbons (Fsp3) is 0.278. The predicted octanol–water partition coefficient (Wildman–Crippen LogP) is 5.30. The topological polar surface area (TPSA) is 30.8 Å². The Kier molecular flexibility index (Phi) is 3.26. The van der Waals surface area contributed by atoms with Gasteiger partial charge in [-0.05, 0) is 54.5 Å². The SMILES string of the molecule is C/C1=C\CC(C)c2sccc2N=C1c1ccc2c(c1)OCO2.[HH]. The average Bonchev–Trinajstić information content (AvgIpc) is 3.16. The second-order valence-corrected chi connectivity index (χ2v) is 6.67. The van der Waals surface area contributed by atoms with Gasteiger partial charge in [-0.1, -0.05) is 13.0 Å². The Balaban J connectivity index is 0.00000156. The van der Waals surface area contributed by atoms with Gasteiger partial charge in [0.1, 0.15) is 0 Å². The van der Waals surface area contributed by atoms with Gasteiger partial charge in [0.25, 0.3) is 0 Å². The van der Waals surface area contributed by atoms with E-state index in [0.717, 1.165) is 34.9 Å². The number of rotatable bonds is 1. The third kappa shape index (κ3) is 2.24. The van der Waals surface area contributed by atoms with Gasteiger partial charge in [-0.3, -0.25) is 0 Å². The van der Waals surface area contributed by atoms with Gasteiger partial charge in [0.2, 0.25) is 6.79 Å². The normalized spacial score (nSPS) is 22.2. The van der Waals surface area contributed by atoms with Crippen LogP contribution in [-0.4, -0.2) is 12.5 Å². The fourth-order valence-corrected chi connectivity index (χ4v) is 3.78. The lowest BCUT2D eigenvalue weighted by Gasteiger charge is -2.15. The van der Waals surface area contributed by atoms with Gasteiger partial charge in [0, 0.05) is 11.9 Å². The average molecular weight is 313 g/mol. The van der Waals surface area contributed by atoms with Crippen LogP contribution in [0.4, 0.5) is 5.69 Å². The standard InChI is InChI=1S/C18H17NO2S.H2/c1-11-3-4-12(2)18-14(7-8-22-18)19-17(11)13-5-6-15-16(9-13)21-10-20-15;/h3,5-9,12H,4,10H2,1-2H3;1H/b11-3+,19-17?;. The van der Waals surface area contributed by atoms with Gasteiger partial charge in [0.05, 0.1) is 11.4 Å². The number of ether oxygens (including phenoxy) is 2. The molecule has 1 aromatic carbocycles. The van der Waals surface area contributed by atoms with E-state index in [1.807, 2.05) is 12.1 Å². The van der Waals surface area contributed by atoms with Crippen LogP contribution in [0.2, 0.25) is 0 Å². The first-order valence-corrected chi connectivity index (χ1v) is 8.33. The summed E-state index contributed by atoms with van der Waals surface area (Å²) in [7, 11) is 0. The molecule has 22 heavy (non-hydrogen) atoms. The molecule has 2 aliphatic rings. The molecular formula is C18H19NO2S. The van der Waals surface area contributed by atoms with Crippen molar-refractivity contribution in [1.82, 2.24) is 0 Å². The van der Waals surface area contributed by atoms with Gasteiger partial charge >= 0.3 is 0 Å². The minimum atomic E-state index is 0. The largest absolute Gasteiger partial charge is 0.454 e. The van der Waals surface area contributed by atoms with Crippen molar-refractivity contribution in [2.24, 2.45) is 4.99 Å². The number of aliphatic imine (C=N–C) groups is 1. The molecule has 0 amide bonds. The number of hydrogen-bond donors (Lipinski definition) is 0. The minimum Gasteiger partial charge on any atom is -0.454 e. The molecule has 0 saturated carbocycles. The first-order chi connectivity index (χ1) is 10.7. The summed E-state index contributed by atoms with van der Waals surface area (Å²) < 4.78 is 10.9. The van der Waals surface area contributed by atoms with Gasteiger partial charge in [-0.25, -0.2) is 4.99 Å². The fourth-order valence-electron chi connectivity index (χ4n) is 2.88. The van der Waals surface area contributed by atoms with Gasteiger partial charge in [0.15, 0.2) is 11.5 Å². The maximum Gasteiger partial charge on any atom is 0.231 e. The van der Waals surface area contributed by atoms with E-state index in [1.54, 1.807) is 11.3 Å². The lowest BCUT2D eigenvalue weighted by molar-refractivity contribution is 0.174. The highest BCUT2D eigenvalue weighted by Crippen LogP contribution is 2.38. The van der Waals surface area contributed by atoms with Crippen LogP contribution in [0.5, 0.6) is 11.5 Å². The van der Waals surface area contributed by atoms with Crippen molar-refractivity contribution < 1.29 is 10.9 Å². The molecule has 0 saturated heterocycles. The van der Waals surface area contributed by atoms with Crippen LogP contribution in [-0.2, 0) is 0 Å². The van der Waals surface area contributed by atoms with E-state index in [-0.39, 0.29) is 1.43 Å².